The average Bonchev–Trinajstić information content (AvgIpc) is 2.77. The van der Waals surface area contributed by atoms with Crippen molar-refractivity contribution in [3.63, 3.8) is 0 Å². The molecule has 30 heavy (non-hydrogen) atoms. The number of hydrogen-bond acceptors (Lipinski definition) is 6. The topological polar surface area (TPSA) is 95.1 Å². The van der Waals surface area contributed by atoms with E-state index in [0.717, 1.165) is 0 Å². The fourth-order valence-corrected chi connectivity index (χ4v) is 3.18. The summed E-state index contributed by atoms with van der Waals surface area (Å²) in [5.41, 5.74) is 1.13. The Kier molecular flexibility index (Phi) is 6.68. The molecule has 2 aromatic rings. The van der Waals surface area contributed by atoms with E-state index in [1.807, 2.05) is 0 Å². The molecule has 2 N–H and O–H groups in total. The van der Waals surface area contributed by atoms with Crippen LogP contribution in [0.1, 0.15) is 11.6 Å². The molecular weight excluding hydrogens is 412 g/mol. The Bertz CT molecular complexity index is 974. The Morgan fingerprint density at radius 3 is 2.37 bits per heavy atom. The van der Waals surface area contributed by atoms with Crippen molar-refractivity contribution in [3.8, 4) is 17.2 Å². The average molecular weight is 433 g/mol. The van der Waals surface area contributed by atoms with Gasteiger partial charge in [-0.1, -0.05) is 17.7 Å². The lowest BCUT2D eigenvalue weighted by molar-refractivity contribution is -0.136. The number of carbonyl (C=O) groups is 2. The highest BCUT2D eigenvalue weighted by Crippen LogP contribution is 2.34. The molecule has 1 heterocycles. The molecule has 8 nitrogen and oxygen atoms in total. The van der Waals surface area contributed by atoms with Crippen LogP contribution in [0.5, 0.6) is 17.2 Å². The highest BCUT2D eigenvalue weighted by atomic mass is 35.5. The number of urea groups is 1. The molecule has 2 amide bonds. The maximum absolute atomic E-state index is 12.6. The molecule has 1 atom stereocenters. The first kappa shape index (κ1) is 21.3. The second-order valence-corrected chi connectivity index (χ2v) is 6.71. The number of halogens is 1. The summed E-state index contributed by atoms with van der Waals surface area (Å²) in [4.78, 5) is 24.9. The van der Waals surface area contributed by atoms with Crippen molar-refractivity contribution in [2.24, 2.45) is 0 Å². The molecule has 0 aromatic heterocycles. The van der Waals surface area contributed by atoms with Gasteiger partial charge in [0.05, 0.1) is 38.6 Å². The molecule has 0 spiro atoms. The number of nitrogens with one attached hydrogen (secondary N) is 2. The molecule has 0 radical (unpaired) electrons. The lowest BCUT2D eigenvalue weighted by atomic mass is 9.95. The molecule has 0 unspecified atom stereocenters. The summed E-state index contributed by atoms with van der Waals surface area (Å²) in [6, 6.07) is 10.6. The molecule has 0 aliphatic carbocycles. The van der Waals surface area contributed by atoms with Crippen molar-refractivity contribution < 1.29 is 28.5 Å². The summed E-state index contributed by atoms with van der Waals surface area (Å²) >= 11 is 5.89. The first-order chi connectivity index (χ1) is 14.5. The zero-order valence-corrected chi connectivity index (χ0v) is 17.4. The van der Waals surface area contributed by atoms with Gasteiger partial charge in [-0.15, -0.1) is 0 Å². The number of rotatable bonds is 7. The van der Waals surface area contributed by atoms with Gasteiger partial charge >= 0.3 is 12.0 Å². The van der Waals surface area contributed by atoms with Crippen LogP contribution in [0.25, 0.3) is 0 Å². The van der Waals surface area contributed by atoms with Gasteiger partial charge in [-0.3, -0.25) is 0 Å². The summed E-state index contributed by atoms with van der Waals surface area (Å²) in [6.07, 6.45) is 0. The molecule has 3 rings (SSSR count). The van der Waals surface area contributed by atoms with Crippen LogP contribution < -0.4 is 24.8 Å². The van der Waals surface area contributed by atoms with Gasteiger partial charge < -0.3 is 29.6 Å². The zero-order chi connectivity index (χ0) is 21.7. The Morgan fingerprint density at radius 2 is 1.73 bits per heavy atom. The third-order valence-corrected chi connectivity index (χ3v) is 4.75. The van der Waals surface area contributed by atoms with Crippen molar-refractivity contribution in [2.75, 3.05) is 27.9 Å². The molecule has 1 aliphatic heterocycles. The molecular formula is C21H21ClN2O6. The summed E-state index contributed by atoms with van der Waals surface area (Å²) < 4.78 is 21.3. The number of carbonyl (C=O) groups excluding carboxylic acids is 2. The van der Waals surface area contributed by atoms with Gasteiger partial charge in [-0.2, -0.15) is 0 Å². The van der Waals surface area contributed by atoms with E-state index in [-0.39, 0.29) is 12.2 Å². The van der Waals surface area contributed by atoms with Crippen molar-refractivity contribution >= 4 is 23.6 Å². The Balaban J connectivity index is 1.98. The maximum atomic E-state index is 12.6. The van der Waals surface area contributed by atoms with Crippen LogP contribution >= 0.6 is 11.6 Å². The van der Waals surface area contributed by atoms with Gasteiger partial charge in [0.2, 0.25) is 0 Å². The normalized spacial score (nSPS) is 15.7. The van der Waals surface area contributed by atoms with Crippen molar-refractivity contribution in [3.05, 3.63) is 64.3 Å². The van der Waals surface area contributed by atoms with Crippen LogP contribution in [0.4, 0.5) is 4.79 Å². The number of hydrogen-bond donors (Lipinski definition) is 2. The minimum atomic E-state index is -0.769. The fraction of sp³-hybridized carbons (Fsp3) is 0.238. The van der Waals surface area contributed by atoms with Crippen LogP contribution in [0.2, 0.25) is 5.02 Å². The Morgan fingerprint density at radius 1 is 1.03 bits per heavy atom. The predicted molar refractivity (Wildman–Crippen MR) is 110 cm³/mol. The zero-order valence-electron chi connectivity index (χ0n) is 16.7. The largest absolute Gasteiger partial charge is 0.493 e. The number of methoxy groups -OCH3 is 3. The van der Waals surface area contributed by atoms with Gasteiger partial charge in [0.15, 0.2) is 11.5 Å². The first-order valence-electron chi connectivity index (χ1n) is 8.96. The van der Waals surface area contributed by atoms with Gasteiger partial charge in [0.25, 0.3) is 0 Å². The minimum Gasteiger partial charge on any atom is -0.493 e. The molecule has 0 saturated carbocycles. The second-order valence-electron chi connectivity index (χ2n) is 6.27. The number of ether oxygens (including phenoxy) is 4. The fourth-order valence-electron chi connectivity index (χ4n) is 3.05. The van der Waals surface area contributed by atoms with Gasteiger partial charge in [-0.05, 0) is 42.0 Å². The Hall–Kier alpha value is -3.39. The lowest BCUT2D eigenvalue weighted by Gasteiger charge is -2.29. The Labute approximate surface area is 178 Å². The summed E-state index contributed by atoms with van der Waals surface area (Å²) in [7, 11) is 4.30. The molecule has 1 aliphatic rings. The maximum Gasteiger partial charge on any atom is 0.338 e. The quantitative estimate of drug-likeness (QED) is 0.652. The van der Waals surface area contributed by atoms with Crippen molar-refractivity contribution in [1.29, 1.82) is 0 Å². The molecule has 9 heteroatoms. The van der Waals surface area contributed by atoms with E-state index in [0.29, 0.717) is 33.5 Å². The van der Waals surface area contributed by atoms with Gasteiger partial charge in [-0.25, -0.2) is 9.59 Å². The summed E-state index contributed by atoms with van der Waals surface area (Å²) in [5, 5.41) is 5.95. The molecule has 2 aromatic carbocycles. The van der Waals surface area contributed by atoms with Crippen molar-refractivity contribution in [2.45, 2.75) is 6.04 Å². The predicted octanol–water partition coefficient (Wildman–Crippen LogP) is 3.22. The van der Waals surface area contributed by atoms with Gasteiger partial charge in [0.1, 0.15) is 12.4 Å². The van der Waals surface area contributed by atoms with E-state index < -0.39 is 18.0 Å². The molecule has 158 valence electrons. The first-order valence-corrected chi connectivity index (χ1v) is 9.33. The molecule has 0 fully saturated rings. The standard InChI is InChI=1S/C21H21ClN2O6/c1-27-16-9-4-12(10-17(16)28-2)19-18(20(25)29-3)15(23-21(26)24-19)11-30-14-7-5-13(22)6-8-14/h4-10,19H,11H2,1-3H3,(H2,23,24,26)/t19-/m0/s1. The van der Waals surface area contributed by atoms with E-state index in [1.165, 1.54) is 21.3 Å². The van der Waals surface area contributed by atoms with E-state index in [1.54, 1.807) is 42.5 Å². The molecule has 0 bridgehead atoms. The van der Waals surface area contributed by atoms with Crippen LogP contribution in [-0.2, 0) is 9.53 Å². The van der Waals surface area contributed by atoms with Gasteiger partial charge in [0, 0.05) is 5.02 Å². The van der Waals surface area contributed by atoms with Crippen LogP contribution in [0.15, 0.2) is 53.7 Å². The van der Waals surface area contributed by atoms with E-state index >= 15 is 0 Å². The third kappa shape index (κ3) is 4.60. The smallest absolute Gasteiger partial charge is 0.338 e. The highest BCUT2D eigenvalue weighted by Gasteiger charge is 2.34. The number of esters is 1. The lowest BCUT2D eigenvalue weighted by Crippen LogP contribution is -2.47. The summed E-state index contributed by atoms with van der Waals surface area (Å²) in [6.45, 7) is -0.0523. The van der Waals surface area contributed by atoms with E-state index in [9.17, 15) is 9.59 Å². The number of amides is 2. The third-order valence-electron chi connectivity index (χ3n) is 4.50. The second kappa shape index (κ2) is 9.41. The monoisotopic (exact) mass is 432 g/mol. The SMILES string of the molecule is COC(=O)C1=C(COc2ccc(Cl)cc2)NC(=O)N[C@H]1c1ccc(OC)c(OC)c1. The highest BCUT2D eigenvalue weighted by molar-refractivity contribution is 6.30. The minimum absolute atomic E-state index is 0.0523. The van der Waals surface area contributed by atoms with E-state index in [4.69, 9.17) is 30.5 Å². The molecule has 0 saturated heterocycles. The van der Waals surface area contributed by atoms with E-state index in [2.05, 4.69) is 10.6 Å². The van der Waals surface area contributed by atoms with Crippen molar-refractivity contribution in [1.82, 2.24) is 10.6 Å². The van der Waals surface area contributed by atoms with Crippen LogP contribution in [0, 0.1) is 0 Å². The van der Waals surface area contributed by atoms with Crippen LogP contribution in [-0.4, -0.2) is 39.9 Å². The van der Waals surface area contributed by atoms with Crippen LogP contribution in [0.3, 0.4) is 0 Å². The summed E-state index contributed by atoms with van der Waals surface area (Å²) in [5.74, 6) is 0.922. The number of benzene rings is 2.